The Morgan fingerprint density at radius 2 is 1.94 bits per heavy atom. The van der Waals surface area contributed by atoms with Crippen LogP contribution in [0.1, 0.15) is 11.1 Å². The van der Waals surface area contributed by atoms with Crippen LogP contribution in [-0.4, -0.2) is 12.1 Å². The van der Waals surface area contributed by atoms with Gasteiger partial charge in [-0.1, -0.05) is 28.1 Å². The van der Waals surface area contributed by atoms with E-state index in [1.165, 1.54) is 5.56 Å². The molecule has 1 heterocycles. The molecule has 0 radical (unpaired) electrons. The van der Waals surface area contributed by atoms with Gasteiger partial charge in [0.05, 0.1) is 12.7 Å². The van der Waals surface area contributed by atoms with Gasteiger partial charge in [-0.15, -0.1) is 0 Å². The van der Waals surface area contributed by atoms with E-state index in [1.54, 1.807) is 13.3 Å². The van der Waals surface area contributed by atoms with E-state index in [4.69, 9.17) is 9.47 Å². The summed E-state index contributed by atoms with van der Waals surface area (Å²) in [5.41, 5.74) is 2.16. The highest BCUT2D eigenvalue weighted by Gasteiger charge is 2.04. The molecule has 0 amide bonds. The van der Waals surface area contributed by atoms with E-state index in [-0.39, 0.29) is 0 Å². The second-order valence-electron chi connectivity index (χ2n) is 3.74. The van der Waals surface area contributed by atoms with Gasteiger partial charge < -0.3 is 9.47 Å². The molecule has 2 rings (SSSR count). The predicted molar refractivity (Wildman–Crippen MR) is 74.2 cm³/mol. The number of pyridine rings is 1. The van der Waals surface area contributed by atoms with E-state index in [0.717, 1.165) is 16.6 Å². The number of halogens is 1. The number of hydrogen-bond donors (Lipinski definition) is 0. The van der Waals surface area contributed by atoms with Gasteiger partial charge in [-0.05, 0) is 29.8 Å². The van der Waals surface area contributed by atoms with Crippen LogP contribution < -0.4 is 9.47 Å². The van der Waals surface area contributed by atoms with Crippen molar-refractivity contribution in [3.8, 4) is 11.6 Å². The van der Waals surface area contributed by atoms with Gasteiger partial charge in [0.1, 0.15) is 12.4 Å². The zero-order valence-electron chi connectivity index (χ0n) is 10.1. The fourth-order valence-electron chi connectivity index (χ4n) is 1.55. The molecule has 1 aromatic heterocycles. The molecule has 0 fully saturated rings. The van der Waals surface area contributed by atoms with Gasteiger partial charge in [-0.25, -0.2) is 4.98 Å². The van der Waals surface area contributed by atoms with Gasteiger partial charge in [0.15, 0.2) is 0 Å². The molecule has 4 heteroatoms. The largest absolute Gasteiger partial charge is 0.489 e. The SMILES string of the molecule is COc1ncccc1COc1ccc(CBr)cc1. The van der Waals surface area contributed by atoms with Gasteiger partial charge in [0, 0.05) is 11.5 Å². The van der Waals surface area contributed by atoms with Crippen molar-refractivity contribution >= 4 is 15.9 Å². The van der Waals surface area contributed by atoms with Gasteiger partial charge in [-0.2, -0.15) is 0 Å². The Morgan fingerprint density at radius 3 is 2.61 bits per heavy atom. The quantitative estimate of drug-likeness (QED) is 0.791. The minimum atomic E-state index is 0.449. The van der Waals surface area contributed by atoms with E-state index < -0.39 is 0 Å². The second kappa shape index (κ2) is 6.40. The average molecular weight is 308 g/mol. The molecular weight excluding hydrogens is 294 g/mol. The third kappa shape index (κ3) is 3.23. The van der Waals surface area contributed by atoms with Crippen LogP contribution in [0.25, 0.3) is 0 Å². The molecule has 1 aromatic carbocycles. The first-order valence-corrected chi connectivity index (χ1v) is 6.71. The maximum Gasteiger partial charge on any atom is 0.219 e. The number of nitrogens with zero attached hydrogens (tertiary/aromatic N) is 1. The Bertz CT molecular complexity index is 499. The normalized spacial score (nSPS) is 10.1. The third-order valence-electron chi connectivity index (χ3n) is 2.52. The monoisotopic (exact) mass is 307 g/mol. The summed E-state index contributed by atoms with van der Waals surface area (Å²) in [6.45, 7) is 0.449. The molecule has 0 atom stereocenters. The van der Waals surface area contributed by atoms with Crippen LogP contribution in [0.3, 0.4) is 0 Å². The Hall–Kier alpha value is -1.55. The van der Waals surface area contributed by atoms with Gasteiger partial charge in [-0.3, -0.25) is 0 Å². The van der Waals surface area contributed by atoms with Gasteiger partial charge >= 0.3 is 0 Å². The molecule has 0 bridgehead atoms. The van der Waals surface area contributed by atoms with Crippen molar-refractivity contribution in [2.45, 2.75) is 11.9 Å². The summed E-state index contributed by atoms with van der Waals surface area (Å²) in [6, 6.07) is 11.8. The van der Waals surface area contributed by atoms with Crippen LogP contribution in [0, 0.1) is 0 Å². The molecule has 2 aromatic rings. The summed E-state index contributed by atoms with van der Waals surface area (Å²) < 4.78 is 10.9. The maximum absolute atomic E-state index is 5.70. The van der Waals surface area contributed by atoms with Crippen molar-refractivity contribution in [3.63, 3.8) is 0 Å². The molecule has 3 nitrogen and oxygen atoms in total. The molecular formula is C14H14BrNO2. The Labute approximate surface area is 115 Å². The minimum Gasteiger partial charge on any atom is -0.489 e. The first-order valence-electron chi connectivity index (χ1n) is 5.59. The Balaban J connectivity index is 2.02. The maximum atomic E-state index is 5.70. The molecule has 94 valence electrons. The van der Waals surface area contributed by atoms with Crippen LogP contribution in [0.15, 0.2) is 42.6 Å². The van der Waals surface area contributed by atoms with Crippen molar-refractivity contribution in [2.24, 2.45) is 0 Å². The number of methoxy groups -OCH3 is 1. The summed E-state index contributed by atoms with van der Waals surface area (Å²) in [7, 11) is 1.61. The van der Waals surface area contributed by atoms with Gasteiger partial charge in [0.25, 0.3) is 0 Å². The first-order chi connectivity index (χ1) is 8.83. The summed E-state index contributed by atoms with van der Waals surface area (Å²) in [5.74, 6) is 1.44. The minimum absolute atomic E-state index is 0.449. The van der Waals surface area contributed by atoms with E-state index in [1.807, 2.05) is 36.4 Å². The molecule has 0 spiro atoms. The summed E-state index contributed by atoms with van der Waals surface area (Å²) >= 11 is 3.41. The summed E-state index contributed by atoms with van der Waals surface area (Å²) in [4.78, 5) is 4.13. The molecule has 0 aliphatic heterocycles. The lowest BCUT2D eigenvalue weighted by molar-refractivity contribution is 0.294. The van der Waals surface area contributed by atoms with Crippen LogP contribution in [0.5, 0.6) is 11.6 Å². The molecule has 0 saturated carbocycles. The van der Waals surface area contributed by atoms with Crippen molar-refractivity contribution in [3.05, 3.63) is 53.7 Å². The average Bonchev–Trinajstić information content (AvgIpc) is 2.46. The van der Waals surface area contributed by atoms with E-state index in [2.05, 4.69) is 20.9 Å². The second-order valence-corrected chi connectivity index (χ2v) is 4.30. The van der Waals surface area contributed by atoms with Crippen molar-refractivity contribution < 1.29 is 9.47 Å². The van der Waals surface area contributed by atoms with Crippen LogP contribution in [-0.2, 0) is 11.9 Å². The third-order valence-corrected chi connectivity index (χ3v) is 3.16. The number of rotatable bonds is 5. The topological polar surface area (TPSA) is 31.4 Å². The van der Waals surface area contributed by atoms with Crippen molar-refractivity contribution in [2.75, 3.05) is 7.11 Å². The fraction of sp³-hybridized carbons (Fsp3) is 0.214. The summed E-state index contributed by atoms with van der Waals surface area (Å²) in [5, 5.41) is 0.851. The Morgan fingerprint density at radius 1 is 1.17 bits per heavy atom. The lowest BCUT2D eigenvalue weighted by Crippen LogP contribution is -2.00. The van der Waals surface area contributed by atoms with Crippen molar-refractivity contribution in [1.29, 1.82) is 0 Å². The number of ether oxygens (including phenoxy) is 2. The van der Waals surface area contributed by atoms with Crippen LogP contribution >= 0.6 is 15.9 Å². The standard InChI is InChI=1S/C14H14BrNO2/c1-17-14-12(3-2-8-16-14)10-18-13-6-4-11(9-15)5-7-13/h2-8H,9-10H2,1H3. The van der Waals surface area contributed by atoms with E-state index in [9.17, 15) is 0 Å². The number of hydrogen-bond acceptors (Lipinski definition) is 3. The molecule has 0 aliphatic rings. The highest BCUT2D eigenvalue weighted by atomic mass is 79.9. The van der Waals surface area contributed by atoms with Gasteiger partial charge in [0.2, 0.25) is 5.88 Å². The number of alkyl halides is 1. The zero-order chi connectivity index (χ0) is 12.8. The molecule has 0 aliphatic carbocycles. The van der Waals surface area contributed by atoms with Crippen LogP contribution in [0.4, 0.5) is 0 Å². The fourth-order valence-corrected chi connectivity index (χ4v) is 1.93. The number of benzene rings is 1. The highest BCUT2D eigenvalue weighted by molar-refractivity contribution is 9.08. The highest BCUT2D eigenvalue weighted by Crippen LogP contribution is 2.19. The Kier molecular flexibility index (Phi) is 4.59. The van der Waals surface area contributed by atoms with E-state index >= 15 is 0 Å². The summed E-state index contributed by atoms with van der Waals surface area (Å²) in [6.07, 6.45) is 1.70. The molecule has 0 saturated heterocycles. The zero-order valence-corrected chi connectivity index (χ0v) is 11.7. The molecule has 0 N–H and O–H groups in total. The first kappa shape index (κ1) is 12.9. The van der Waals surface area contributed by atoms with Crippen LogP contribution in [0.2, 0.25) is 0 Å². The molecule has 18 heavy (non-hydrogen) atoms. The smallest absolute Gasteiger partial charge is 0.219 e. The lowest BCUT2D eigenvalue weighted by atomic mass is 10.2. The lowest BCUT2D eigenvalue weighted by Gasteiger charge is -2.09. The predicted octanol–water partition coefficient (Wildman–Crippen LogP) is 3.56. The molecule has 0 unspecified atom stereocenters. The number of aromatic nitrogens is 1. The van der Waals surface area contributed by atoms with Crippen molar-refractivity contribution in [1.82, 2.24) is 4.98 Å². The van der Waals surface area contributed by atoms with E-state index in [0.29, 0.717) is 12.5 Å².